The molecule has 0 bridgehead atoms. The van der Waals surface area contributed by atoms with Crippen molar-refractivity contribution >= 4 is 17.7 Å². The molecule has 0 unspecified atom stereocenters. The van der Waals surface area contributed by atoms with Crippen LogP contribution in [0.5, 0.6) is 0 Å². The van der Waals surface area contributed by atoms with Crippen LogP contribution in [0.3, 0.4) is 0 Å². The van der Waals surface area contributed by atoms with Gasteiger partial charge in [0.15, 0.2) is 0 Å². The van der Waals surface area contributed by atoms with E-state index in [0.717, 1.165) is 5.75 Å². The molecule has 4 nitrogen and oxygen atoms in total. The minimum absolute atomic E-state index is 0.194. The molecule has 0 saturated heterocycles. The van der Waals surface area contributed by atoms with Crippen molar-refractivity contribution in [1.29, 1.82) is 0 Å². The van der Waals surface area contributed by atoms with Gasteiger partial charge in [0.25, 0.3) is 0 Å². The number of thioether (sulfide) groups is 1. The molecular formula is C9H14N2O2S. The maximum absolute atomic E-state index is 10.9. The highest BCUT2D eigenvalue weighted by molar-refractivity contribution is 7.99. The van der Waals surface area contributed by atoms with Crippen LogP contribution >= 0.6 is 11.8 Å². The molecule has 0 fully saturated rings. The lowest BCUT2D eigenvalue weighted by molar-refractivity contribution is 0.0693. The van der Waals surface area contributed by atoms with Crippen molar-refractivity contribution in [2.45, 2.75) is 31.8 Å². The van der Waals surface area contributed by atoms with Gasteiger partial charge in [0.05, 0.1) is 0 Å². The van der Waals surface area contributed by atoms with E-state index in [9.17, 15) is 4.79 Å². The van der Waals surface area contributed by atoms with Gasteiger partial charge >= 0.3 is 5.97 Å². The van der Waals surface area contributed by atoms with Crippen molar-refractivity contribution in [1.82, 2.24) is 9.78 Å². The monoisotopic (exact) mass is 214 g/mol. The van der Waals surface area contributed by atoms with Gasteiger partial charge in [-0.3, -0.25) is 4.68 Å². The molecule has 0 saturated carbocycles. The van der Waals surface area contributed by atoms with Crippen molar-refractivity contribution in [3.05, 3.63) is 11.8 Å². The second kappa shape index (κ2) is 4.50. The van der Waals surface area contributed by atoms with Crippen molar-refractivity contribution in [2.75, 3.05) is 5.75 Å². The zero-order chi connectivity index (χ0) is 10.7. The van der Waals surface area contributed by atoms with Crippen LogP contribution in [0.1, 0.15) is 37.2 Å². The first-order valence-corrected chi connectivity index (χ1v) is 5.50. The van der Waals surface area contributed by atoms with Gasteiger partial charge in [-0.15, -0.1) is 11.8 Å². The van der Waals surface area contributed by atoms with Crippen LogP contribution < -0.4 is 0 Å². The molecule has 1 heterocycles. The van der Waals surface area contributed by atoms with Gasteiger partial charge in [-0.2, -0.15) is 5.10 Å². The summed E-state index contributed by atoms with van der Waals surface area (Å²) < 4.78 is 1.68. The summed E-state index contributed by atoms with van der Waals surface area (Å²) in [6, 6.07) is 0.194. The van der Waals surface area contributed by atoms with Gasteiger partial charge in [0.2, 0.25) is 0 Å². The van der Waals surface area contributed by atoms with E-state index in [1.807, 2.05) is 20.8 Å². The fourth-order valence-corrected chi connectivity index (χ4v) is 1.75. The molecule has 0 aliphatic rings. The Hall–Kier alpha value is -0.970. The molecule has 1 rings (SSSR count). The Morgan fingerprint density at radius 3 is 2.79 bits per heavy atom. The molecule has 1 N–H and O–H groups in total. The Morgan fingerprint density at radius 2 is 2.36 bits per heavy atom. The summed E-state index contributed by atoms with van der Waals surface area (Å²) in [5, 5.41) is 13.7. The lowest BCUT2D eigenvalue weighted by Crippen LogP contribution is -2.00. The third-order valence-corrected chi connectivity index (χ3v) is 2.60. The number of aromatic nitrogens is 2. The first kappa shape index (κ1) is 11.1. The van der Waals surface area contributed by atoms with E-state index in [2.05, 4.69) is 5.10 Å². The van der Waals surface area contributed by atoms with E-state index in [-0.39, 0.29) is 6.04 Å². The van der Waals surface area contributed by atoms with Crippen LogP contribution in [-0.4, -0.2) is 26.6 Å². The predicted octanol–water partition coefficient (Wildman–Crippen LogP) is 2.27. The summed E-state index contributed by atoms with van der Waals surface area (Å²) in [7, 11) is 0. The average molecular weight is 214 g/mol. The van der Waals surface area contributed by atoms with E-state index in [4.69, 9.17) is 5.11 Å². The smallest absolute Gasteiger partial charge is 0.340 e. The Morgan fingerprint density at radius 1 is 1.71 bits per heavy atom. The standard InChI is InChI=1S/C9H14N2O2S/c1-4-14-8-7(9(12)13)5-11(10-8)6(2)3/h5-6H,4H2,1-3H3,(H,12,13). The van der Waals surface area contributed by atoms with E-state index >= 15 is 0 Å². The third-order valence-electron chi connectivity index (χ3n) is 1.74. The number of rotatable bonds is 4. The van der Waals surface area contributed by atoms with Crippen LogP contribution in [0.15, 0.2) is 11.2 Å². The molecule has 0 radical (unpaired) electrons. The summed E-state index contributed by atoms with van der Waals surface area (Å²) in [6.45, 7) is 5.92. The molecular weight excluding hydrogens is 200 g/mol. The Bertz CT molecular complexity index is 334. The van der Waals surface area contributed by atoms with Crippen molar-refractivity contribution in [3.8, 4) is 0 Å². The fourth-order valence-electron chi connectivity index (χ4n) is 1.03. The molecule has 14 heavy (non-hydrogen) atoms. The summed E-state index contributed by atoms with van der Waals surface area (Å²) in [6.07, 6.45) is 1.59. The van der Waals surface area contributed by atoms with Crippen LogP contribution in [0.25, 0.3) is 0 Å². The highest BCUT2D eigenvalue weighted by atomic mass is 32.2. The van der Waals surface area contributed by atoms with E-state index in [0.29, 0.717) is 10.6 Å². The number of hydrogen-bond donors (Lipinski definition) is 1. The number of nitrogens with zero attached hydrogens (tertiary/aromatic N) is 2. The molecule has 1 aromatic rings. The summed E-state index contributed by atoms with van der Waals surface area (Å²) >= 11 is 1.46. The molecule has 5 heteroatoms. The number of carboxylic acids is 1. The molecule has 1 aromatic heterocycles. The Balaban J connectivity index is 3.05. The van der Waals surface area contributed by atoms with E-state index < -0.39 is 5.97 Å². The second-order valence-electron chi connectivity index (χ2n) is 3.16. The number of hydrogen-bond acceptors (Lipinski definition) is 3. The van der Waals surface area contributed by atoms with Gasteiger partial charge in [-0.1, -0.05) is 6.92 Å². The van der Waals surface area contributed by atoms with Crippen molar-refractivity contribution < 1.29 is 9.90 Å². The number of aromatic carboxylic acids is 1. The molecule has 0 spiro atoms. The molecule has 0 aliphatic carbocycles. The first-order valence-electron chi connectivity index (χ1n) is 4.51. The predicted molar refractivity (Wildman–Crippen MR) is 56.0 cm³/mol. The van der Waals surface area contributed by atoms with Crippen LogP contribution in [-0.2, 0) is 0 Å². The van der Waals surface area contributed by atoms with Crippen LogP contribution in [0.4, 0.5) is 0 Å². The Kier molecular flexibility index (Phi) is 3.57. The second-order valence-corrected chi connectivity index (χ2v) is 4.41. The highest BCUT2D eigenvalue weighted by Crippen LogP contribution is 2.22. The number of carboxylic acid groups (broad SMARTS) is 1. The van der Waals surface area contributed by atoms with Gasteiger partial charge in [0.1, 0.15) is 10.6 Å². The van der Waals surface area contributed by atoms with Gasteiger partial charge in [-0.05, 0) is 19.6 Å². The van der Waals surface area contributed by atoms with Gasteiger partial charge < -0.3 is 5.11 Å². The SMILES string of the molecule is CCSc1nn(C(C)C)cc1C(=O)O. The van der Waals surface area contributed by atoms with E-state index in [1.54, 1.807) is 10.9 Å². The summed E-state index contributed by atoms with van der Waals surface area (Å²) in [5.41, 5.74) is 0.297. The summed E-state index contributed by atoms with van der Waals surface area (Å²) in [5.74, 6) is -0.0806. The molecule has 0 aliphatic heterocycles. The molecule has 0 aromatic carbocycles. The summed E-state index contributed by atoms with van der Waals surface area (Å²) in [4.78, 5) is 10.9. The van der Waals surface area contributed by atoms with Crippen LogP contribution in [0.2, 0.25) is 0 Å². The molecule has 0 atom stereocenters. The minimum atomic E-state index is -0.909. The highest BCUT2D eigenvalue weighted by Gasteiger charge is 2.16. The normalized spacial score (nSPS) is 10.9. The molecule has 78 valence electrons. The molecule has 0 amide bonds. The lowest BCUT2D eigenvalue weighted by Gasteiger charge is -2.02. The maximum Gasteiger partial charge on any atom is 0.340 e. The van der Waals surface area contributed by atoms with Gasteiger partial charge in [0, 0.05) is 12.2 Å². The zero-order valence-corrected chi connectivity index (χ0v) is 9.34. The largest absolute Gasteiger partial charge is 0.478 e. The first-order chi connectivity index (χ1) is 6.56. The number of carbonyl (C=O) groups is 1. The fraction of sp³-hybridized carbons (Fsp3) is 0.556. The van der Waals surface area contributed by atoms with Crippen molar-refractivity contribution in [2.24, 2.45) is 0 Å². The average Bonchev–Trinajstić information content (AvgIpc) is 2.49. The lowest BCUT2D eigenvalue weighted by atomic mass is 10.3. The third kappa shape index (κ3) is 2.29. The minimum Gasteiger partial charge on any atom is -0.478 e. The van der Waals surface area contributed by atoms with E-state index in [1.165, 1.54) is 11.8 Å². The zero-order valence-electron chi connectivity index (χ0n) is 8.52. The van der Waals surface area contributed by atoms with Crippen LogP contribution in [0, 0.1) is 0 Å². The van der Waals surface area contributed by atoms with Crippen molar-refractivity contribution in [3.63, 3.8) is 0 Å². The van der Waals surface area contributed by atoms with Gasteiger partial charge in [-0.25, -0.2) is 4.79 Å². The quantitative estimate of drug-likeness (QED) is 0.781. The topological polar surface area (TPSA) is 55.1 Å². The maximum atomic E-state index is 10.9. The Labute approximate surface area is 87.3 Å².